The number of aliphatic hydroxyl groups is 1. The molecule has 6 aliphatic heterocycles. The van der Waals surface area contributed by atoms with Crippen molar-refractivity contribution in [2.24, 2.45) is 11.8 Å². The van der Waals surface area contributed by atoms with Crippen molar-refractivity contribution in [2.45, 2.75) is 172 Å². The molecule has 10 amide bonds. The lowest BCUT2D eigenvalue weighted by molar-refractivity contribution is -0.870. The molecule has 636 valence electrons. The van der Waals surface area contributed by atoms with Gasteiger partial charge in [0.25, 0.3) is 0 Å². The first-order chi connectivity index (χ1) is 56.0. The van der Waals surface area contributed by atoms with Gasteiger partial charge in [-0.3, -0.25) is 62.2 Å². The van der Waals surface area contributed by atoms with Crippen LogP contribution in [0.2, 0.25) is 0 Å². The van der Waals surface area contributed by atoms with Crippen molar-refractivity contribution in [3.05, 3.63) is 156 Å². The highest BCUT2D eigenvalue weighted by atomic mass is 19.1. The van der Waals surface area contributed by atoms with Gasteiger partial charge in [-0.1, -0.05) is 65.9 Å². The molecule has 6 aliphatic rings. The van der Waals surface area contributed by atoms with Gasteiger partial charge in [0.2, 0.25) is 59.1 Å². The van der Waals surface area contributed by atoms with Gasteiger partial charge >= 0.3 is 0 Å². The number of hydrogen-bond donors (Lipinski definition) is 8. The largest absolute Gasteiger partial charge is 0.497 e. The Morgan fingerprint density at radius 3 is 2.22 bits per heavy atom. The molecule has 0 aliphatic carbocycles. The quantitative estimate of drug-likeness (QED) is 0.0415. The standard InChI is InChI=1S/C84H108FN15O17.CH3/c1-52-78(108)91-66-40-57-10-8-11-58(38-57)45-87-75(106)51-117-72-25-30-98-77(72)71(103)44-64(53(2)101)79(109)92-67(39-55-16-19-63(114-7)20-17-55)82(112)99-29-9-27-84(99,3)83(113)86-28-24-54-12-14-56(15-13-54)47-95(76(107)23-22-74(105)90-68(80(110)89-52)46-88-73(104)26-34-115-36-37-116-35-33-100(4,5)6)31-32-97-50-62(93-94-97)49-96-48-60(41-59(81(98)111)42-70(66)102)65-43-61(85)18-21-69(65)96;/h8,10-21,38,43,48,50,52-53,59,64,66-68,72,77,101H,9,22-37,39-42,44-47,49,51H2,1-7H3,(H6-,86,87,88,89,90,91,92,104,105,106,108,109,110,113);1H3/q;-1/p+1/t52-,53-,59-,64+,66+,67+,68+,72+,77-,84+;/m1./s1. The molecular formula is C85H112FN15O17. The summed E-state index contributed by atoms with van der Waals surface area (Å²) in [6.45, 7) is 5.17. The molecule has 0 radical (unpaired) electrons. The molecule has 10 atom stereocenters. The van der Waals surface area contributed by atoms with E-state index in [2.05, 4.69) is 47.5 Å². The average Bonchev–Trinajstić information content (AvgIpc) is 1.64. The fourth-order valence-electron chi connectivity index (χ4n) is 15.6. The first-order valence-corrected chi connectivity index (χ1v) is 40.2. The highest BCUT2D eigenvalue weighted by molar-refractivity contribution is 6.00. The predicted molar refractivity (Wildman–Crippen MR) is 430 cm³/mol. The Balaban J connectivity index is 0.0000147. The molecule has 2 aromatic heterocycles. The van der Waals surface area contributed by atoms with Crippen molar-refractivity contribution in [3.63, 3.8) is 0 Å². The minimum Gasteiger partial charge on any atom is -0.497 e. The molecule has 33 heteroatoms. The molecule has 2 fully saturated rings. The second-order valence-corrected chi connectivity index (χ2v) is 32.2. The molecule has 8 N–H and O–H groups in total. The molecule has 32 nitrogen and oxygen atoms in total. The molecule has 14 bridgehead atoms. The third-order valence-corrected chi connectivity index (χ3v) is 22.3. The third kappa shape index (κ3) is 24.0. The summed E-state index contributed by atoms with van der Waals surface area (Å²) < 4.78 is 43.0. The lowest BCUT2D eigenvalue weighted by Crippen LogP contribution is -2.60. The number of carbonyl (C=O) groups is 12. The van der Waals surface area contributed by atoms with Crippen LogP contribution in [0.4, 0.5) is 4.39 Å². The van der Waals surface area contributed by atoms with Crippen LogP contribution in [0.3, 0.4) is 0 Å². The Hall–Kier alpha value is -10.9. The number of nitrogens with zero attached hydrogens (tertiary/aromatic N) is 8. The van der Waals surface area contributed by atoms with E-state index in [4.69, 9.17) is 18.9 Å². The smallest absolute Gasteiger partial charge is 0.246 e. The summed E-state index contributed by atoms with van der Waals surface area (Å²) in [6, 6.07) is 17.6. The topological polar surface area (TPSA) is 392 Å². The molecule has 0 spiro atoms. The minimum absolute atomic E-state index is 0. The molecule has 4 aromatic carbocycles. The van der Waals surface area contributed by atoms with Gasteiger partial charge in [-0.05, 0) is 123 Å². The van der Waals surface area contributed by atoms with Crippen LogP contribution in [0.5, 0.6) is 5.75 Å². The molecule has 12 rings (SSSR count). The normalized spacial score (nSPS) is 24.0. The number of rotatable bonds is 15. The van der Waals surface area contributed by atoms with E-state index >= 15 is 28.4 Å². The number of methoxy groups -OCH3 is 1. The fourth-order valence-corrected chi connectivity index (χ4v) is 15.6. The number of quaternary nitrogens is 1. The first kappa shape index (κ1) is 89.5. The zero-order valence-corrected chi connectivity index (χ0v) is 68.5. The van der Waals surface area contributed by atoms with Crippen molar-refractivity contribution < 1.29 is 90.5 Å². The van der Waals surface area contributed by atoms with Crippen LogP contribution in [0.15, 0.2) is 103 Å². The predicted octanol–water partition coefficient (Wildman–Crippen LogP) is 2.14. The van der Waals surface area contributed by atoms with E-state index in [0.717, 1.165) is 12.1 Å². The summed E-state index contributed by atoms with van der Waals surface area (Å²) >= 11 is 0. The second kappa shape index (κ2) is 41.0. The number of halogens is 1. The van der Waals surface area contributed by atoms with Crippen LogP contribution in [0, 0.1) is 25.1 Å². The zero-order chi connectivity index (χ0) is 83.7. The number of carbonyl (C=O) groups excluding carboxylic acids is 12. The number of fused-ring (bicyclic) bond motifs is 16. The summed E-state index contributed by atoms with van der Waals surface area (Å²) in [5.41, 5.74) is 3.00. The summed E-state index contributed by atoms with van der Waals surface area (Å²) in [4.78, 5) is 183. The van der Waals surface area contributed by atoms with Gasteiger partial charge in [0.05, 0.1) is 98.1 Å². The van der Waals surface area contributed by atoms with Crippen LogP contribution in [-0.2, 0) is 124 Å². The van der Waals surface area contributed by atoms with Gasteiger partial charge in [-0.2, -0.15) is 0 Å². The number of ether oxygens (including phenoxy) is 4. The van der Waals surface area contributed by atoms with Gasteiger partial charge in [-0.15, -0.1) is 5.10 Å². The number of aliphatic hydroxyl groups excluding tert-OH is 1. The molecule has 8 heterocycles. The van der Waals surface area contributed by atoms with Gasteiger partial charge in [-0.25, -0.2) is 4.39 Å². The minimum atomic E-state index is -1.61. The Bertz CT molecular complexity index is 4580. The van der Waals surface area contributed by atoms with Crippen molar-refractivity contribution in [1.82, 2.24) is 71.5 Å². The molecule has 0 unspecified atom stereocenters. The first-order valence-electron chi connectivity index (χ1n) is 40.2. The van der Waals surface area contributed by atoms with Crippen molar-refractivity contribution in [2.75, 3.05) is 101 Å². The van der Waals surface area contributed by atoms with Crippen molar-refractivity contribution in [1.29, 1.82) is 0 Å². The molecular weight excluding hydrogens is 1520 g/mol. The Morgan fingerprint density at radius 1 is 0.729 bits per heavy atom. The van der Waals surface area contributed by atoms with Gasteiger partial charge < -0.3 is 92.4 Å². The SMILES string of the molecule is COc1ccc(C[C@@H]2NC(=O)[C@H]([C@@H](C)O)CC(=O)[C@@H]3[C@@H]4CCN3C(=O)[C@H]3CC(=O)[C@H](Cc5cccc(c5)CNC(=O)CO4)NC(=O)[C@@H](C)NC(=O)[C@H](CNC(=O)CCOCCOCC[N+](C)(C)C)NC(=O)CCC(=O)N(CCn4cc(nn4)Cn4cc(c5cc(F)ccc54)C3)Cc3ccc(cc3)CCNC(=O)[C@]3(C)CCCN3C2=O)cc1.[CH3-]. The molecule has 2 saturated heterocycles. The maximum Gasteiger partial charge on any atom is 0.246 e. The number of hydrogen-bond acceptors (Lipinski definition) is 19. The average molecular weight is 1630 g/mol. The van der Waals surface area contributed by atoms with Crippen LogP contribution in [0.25, 0.3) is 10.9 Å². The number of ketones is 2. The van der Waals surface area contributed by atoms with Gasteiger partial charge in [0, 0.05) is 107 Å². The Labute approximate surface area is 686 Å². The molecule has 6 aromatic rings. The van der Waals surface area contributed by atoms with Crippen molar-refractivity contribution in [3.8, 4) is 5.75 Å². The van der Waals surface area contributed by atoms with E-state index in [1.54, 1.807) is 88.1 Å². The highest BCUT2D eigenvalue weighted by Gasteiger charge is 2.50. The Kier molecular flexibility index (Phi) is 31.1. The lowest BCUT2D eigenvalue weighted by atomic mass is 9.87. The maximum absolute atomic E-state index is 16.3. The number of aromatic nitrogens is 4. The number of nitrogens with one attached hydrogen (secondary N) is 7. The highest BCUT2D eigenvalue weighted by Crippen LogP contribution is 2.35. The summed E-state index contributed by atoms with van der Waals surface area (Å²) in [5, 5.41) is 40.5. The monoisotopic (exact) mass is 1630 g/mol. The second-order valence-electron chi connectivity index (χ2n) is 32.2. The van der Waals surface area contributed by atoms with Gasteiger partial charge in [0.1, 0.15) is 60.1 Å². The van der Waals surface area contributed by atoms with Gasteiger partial charge in [0.15, 0.2) is 11.6 Å². The van der Waals surface area contributed by atoms with Crippen LogP contribution in [0.1, 0.15) is 111 Å². The number of amides is 10. The fraction of sp³-hybridized carbons (Fsp3) is 0.518. The van der Waals surface area contributed by atoms with E-state index in [0.29, 0.717) is 74.1 Å². The van der Waals surface area contributed by atoms with E-state index in [1.165, 1.54) is 42.9 Å². The van der Waals surface area contributed by atoms with Crippen molar-refractivity contribution >= 4 is 81.5 Å². The van der Waals surface area contributed by atoms with E-state index in [9.17, 15) is 38.7 Å². The Morgan fingerprint density at radius 2 is 1.47 bits per heavy atom. The number of Topliss-reactive ketones (excluding diaryl/α,β-unsaturated/α-hetero) is 2. The summed E-state index contributed by atoms with van der Waals surface area (Å²) in [5.74, 6) is -11.7. The summed E-state index contributed by atoms with van der Waals surface area (Å²) in [6.07, 6.45) is -1.49. The number of likely N-dealkylation sites (N-methyl/N-ethyl adjacent to an activating group) is 1. The van der Waals surface area contributed by atoms with E-state index in [-0.39, 0.29) is 125 Å². The maximum atomic E-state index is 16.3. The molecule has 0 saturated carbocycles. The molecule has 118 heavy (non-hydrogen) atoms. The lowest BCUT2D eigenvalue weighted by Gasteiger charge is -2.37. The van der Waals surface area contributed by atoms with Crippen LogP contribution >= 0.6 is 0 Å². The van der Waals surface area contributed by atoms with Crippen LogP contribution < -0.4 is 42.0 Å². The summed E-state index contributed by atoms with van der Waals surface area (Å²) in [7, 11) is 7.62. The third-order valence-electron chi connectivity index (χ3n) is 22.3. The van der Waals surface area contributed by atoms with E-state index < -0.39 is 169 Å². The number of benzene rings is 4. The van der Waals surface area contributed by atoms with Crippen LogP contribution in [-0.4, -0.2) is 263 Å². The van der Waals surface area contributed by atoms with E-state index in [1.807, 2.05) is 45.4 Å². The zero-order valence-electron chi connectivity index (χ0n) is 68.5.